The smallest absolute Gasteiger partial charge is 0.274 e. The van der Waals surface area contributed by atoms with Crippen LogP contribution < -0.4 is 5.73 Å². The third kappa shape index (κ3) is 2.62. The Morgan fingerprint density at radius 2 is 1.75 bits per heavy atom. The van der Waals surface area contributed by atoms with E-state index in [9.17, 15) is 4.79 Å². The van der Waals surface area contributed by atoms with Gasteiger partial charge in [-0.25, -0.2) is 0 Å². The third-order valence-corrected chi connectivity index (χ3v) is 4.93. The van der Waals surface area contributed by atoms with E-state index in [-0.39, 0.29) is 5.91 Å². The number of carbonyl (C=O) groups is 1. The summed E-state index contributed by atoms with van der Waals surface area (Å²) >= 11 is 0. The summed E-state index contributed by atoms with van der Waals surface area (Å²) in [7, 11) is 0. The van der Waals surface area contributed by atoms with Crippen LogP contribution >= 0.6 is 0 Å². The van der Waals surface area contributed by atoms with E-state index in [0.717, 1.165) is 25.9 Å². The van der Waals surface area contributed by atoms with Crippen molar-refractivity contribution in [1.29, 1.82) is 0 Å². The molecule has 0 radical (unpaired) electrons. The zero-order valence-electron chi connectivity index (χ0n) is 11.8. The molecule has 0 bridgehead atoms. The molecule has 2 aliphatic rings. The summed E-state index contributed by atoms with van der Waals surface area (Å²) in [5.41, 5.74) is 6.42. The average Bonchev–Trinajstić information content (AvgIpc) is 2.49. The van der Waals surface area contributed by atoms with Gasteiger partial charge in [-0.15, -0.1) is 10.2 Å². The van der Waals surface area contributed by atoms with Gasteiger partial charge in [-0.3, -0.25) is 4.79 Å². The fraction of sp³-hybridized carbons (Fsp3) is 0.667. The summed E-state index contributed by atoms with van der Waals surface area (Å²) in [5, 5.41) is 7.65. The van der Waals surface area contributed by atoms with Crippen molar-refractivity contribution in [2.24, 2.45) is 5.41 Å². The molecule has 1 spiro atoms. The molecule has 20 heavy (non-hydrogen) atoms. The van der Waals surface area contributed by atoms with Gasteiger partial charge in [-0.1, -0.05) is 19.3 Å². The first-order valence-corrected chi connectivity index (χ1v) is 7.57. The van der Waals surface area contributed by atoms with E-state index < -0.39 is 0 Å². The van der Waals surface area contributed by atoms with E-state index in [1.54, 1.807) is 12.1 Å². The van der Waals surface area contributed by atoms with E-state index in [2.05, 4.69) is 10.2 Å². The van der Waals surface area contributed by atoms with E-state index >= 15 is 0 Å². The topological polar surface area (TPSA) is 72.1 Å². The molecule has 0 aromatic carbocycles. The predicted molar refractivity (Wildman–Crippen MR) is 77.1 cm³/mol. The Kier molecular flexibility index (Phi) is 3.59. The first kappa shape index (κ1) is 13.3. The summed E-state index contributed by atoms with van der Waals surface area (Å²) in [6, 6.07) is 3.29. The van der Waals surface area contributed by atoms with Gasteiger partial charge in [0.15, 0.2) is 5.69 Å². The Hall–Kier alpha value is -1.65. The SMILES string of the molecule is Nc1ccc(C(=O)N2CCC3(CCCCC3)CC2)nn1. The molecule has 1 aliphatic heterocycles. The average molecular weight is 274 g/mol. The maximum Gasteiger partial charge on any atom is 0.274 e. The molecule has 1 aromatic heterocycles. The lowest BCUT2D eigenvalue weighted by atomic mass is 9.68. The minimum absolute atomic E-state index is 0.0110. The highest BCUT2D eigenvalue weighted by Gasteiger charge is 2.36. The maximum atomic E-state index is 12.4. The van der Waals surface area contributed by atoms with E-state index in [1.807, 2.05) is 4.90 Å². The van der Waals surface area contributed by atoms with Gasteiger partial charge < -0.3 is 10.6 Å². The van der Waals surface area contributed by atoms with Gasteiger partial charge in [0, 0.05) is 13.1 Å². The molecule has 1 amide bonds. The Balaban J connectivity index is 1.62. The summed E-state index contributed by atoms with van der Waals surface area (Å²) in [6.07, 6.45) is 9.07. The number of amides is 1. The second-order valence-electron chi connectivity index (χ2n) is 6.20. The number of aromatic nitrogens is 2. The maximum absolute atomic E-state index is 12.4. The number of likely N-dealkylation sites (tertiary alicyclic amines) is 1. The summed E-state index contributed by atoms with van der Waals surface area (Å²) in [6.45, 7) is 1.70. The molecule has 2 fully saturated rings. The van der Waals surface area contributed by atoms with Crippen molar-refractivity contribution in [1.82, 2.24) is 15.1 Å². The number of piperidine rings is 1. The second kappa shape index (κ2) is 5.38. The number of nitrogens with two attached hydrogens (primary N) is 1. The largest absolute Gasteiger partial charge is 0.382 e. The Labute approximate surface area is 119 Å². The van der Waals surface area contributed by atoms with Gasteiger partial charge in [-0.05, 0) is 43.2 Å². The fourth-order valence-corrected chi connectivity index (χ4v) is 3.60. The molecule has 0 unspecified atom stereocenters. The lowest BCUT2D eigenvalue weighted by molar-refractivity contribution is 0.0466. The number of hydrogen-bond donors (Lipinski definition) is 1. The lowest BCUT2D eigenvalue weighted by Gasteiger charge is -2.44. The number of carbonyl (C=O) groups excluding carboxylic acids is 1. The number of rotatable bonds is 1. The van der Waals surface area contributed by atoms with Crippen LogP contribution in [-0.4, -0.2) is 34.1 Å². The van der Waals surface area contributed by atoms with Gasteiger partial charge in [0.25, 0.3) is 5.91 Å². The van der Waals surface area contributed by atoms with Crippen LogP contribution in [0, 0.1) is 5.41 Å². The van der Waals surface area contributed by atoms with Crippen molar-refractivity contribution >= 4 is 11.7 Å². The summed E-state index contributed by atoms with van der Waals surface area (Å²) < 4.78 is 0. The van der Waals surface area contributed by atoms with Gasteiger partial charge in [0.05, 0.1) is 0 Å². The molecule has 5 nitrogen and oxygen atoms in total. The standard InChI is InChI=1S/C15H22N4O/c16-13-5-4-12(17-18-13)14(20)19-10-8-15(9-11-19)6-2-1-3-7-15/h4-5H,1-3,6-11H2,(H2,16,18). The number of nitrogen functional groups attached to an aromatic ring is 1. The molecule has 1 saturated carbocycles. The first-order chi connectivity index (χ1) is 9.69. The Bertz CT molecular complexity index is 469. The van der Waals surface area contributed by atoms with Crippen molar-refractivity contribution < 1.29 is 4.79 Å². The normalized spacial score (nSPS) is 21.9. The van der Waals surface area contributed by atoms with Crippen molar-refractivity contribution in [2.75, 3.05) is 18.8 Å². The predicted octanol–water partition coefficient (Wildman–Crippen LogP) is 2.25. The van der Waals surface area contributed by atoms with Gasteiger partial charge >= 0.3 is 0 Å². The summed E-state index contributed by atoms with van der Waals surface area (Å²) in [5.74, 6) is 0.338. The van der Waals surface area contributed by atoms with Crippen molar-refractivity contribution in [3.63, 3.8) is 0 Å². The van der Waals surface area contributed by atoms with Gasteiger partial charge in [0.1, 0.15) is 5.82 Å². The van der Waals surface area contributed by atoms with Crippen LogP contribution in [0.2, 0.25) is 0 Å². The molecule has 5 heteroatoms. The quantitative estimate of drug-likeness (QED) is 0.852. The highest BCUT2D eigenvalue weighted by Crippen LogP contribution is 2.44. The highest BCUT2D eigenvalue weighted by molar-refractivity contribution is 5.92. The molecule has 108 valence electrons. The van der Waals surface area contributed by atoms with Crippen LogP contribution in [0.1, 0.15) is 55.4 Å². The molecule has 1 aliphatic carbocycles. The number of anilines is 1. The zero-order chi connectivity index (χ0) is 14.0. The molecule has 2 N–H and O–H groups in total. The van der Waals surface area contributed by atoms with Crippen LogP contribution in [0.25, 0.3) is 0 Å². The summed E-state index contributed by atoms with van der Waals surface area (Å²) in [4.78, 5) is 14.3. The van der Waals surface area contributed by atoms with Crippen LogP contribution in [0.3, 0.4) is 0 Å². The first-order valence-electron chi connectivity index (χ1n) is 7.57. The lowest BCUT2D eigenvalue weighted by Crippen LogP contribution is -2.44. The molecule has 1 saturated heterocycles. The highest BCUT2D eigenvalue weighted by atomic mass is 16.2. The van der Waals surface area contributed by atoms with E-state index in [1.165, 1.54) is 32.1 Å². The minimum atomic E-state index is -0.0110. The van der Waals surface area contributed by atoms with E-state index in [0.29, 0.717) is 16.9 Å². The Morgan fingerprint density at radius 3 is 2.35 bits per heavy atom. The van der Waals surface area contributed by atoms with Crippen LogP contribution in [-0.2, 0) is 0 Å². The van der Waals surface area contributed by atoms with E-state index in [4.69, 9.17) is 5.73 Å². The third-order valence-electron chi connectivity index (χ3n) is 4.93. The molecule has 2 heterocycles. The second-order valence-corrected chi connectivity index (χ2v) is 6.20. The molecular weight excluding hydrogens is 252 g/mol. The van der Waals surface area contributed by atoms with Gasteiger partial charge in [-0.2, -0.15) is 0 Å². The van der Waals surface area contributed by atoms with Crippen molar-refractivity contribution in [3.05, 3.63) is 17.8 Å². The fourth-order valence-electron chi connectivity index (χ4n) is 3.60. The molecule has 0 atom stereocenters. The van der Waals surface area contributed by atoms with Crippen molar-refractivity contribution in [2.45, 2.75) is 44.9 Å². The Morgan fingerprint density at radius 1 is 1.05 bits per heavy atom. The molecule has 1 aromatic rings. The zero-order valence-corrected chi connectivity index (χ0v) is 11.8. The van der Waals surface area contributed by atoms with Gasteiger partial charge in [0.2, 0.25) is 0 Å². The van der Waals surface area contributed by atoms with Crippen LogP contribution in [0.5, 0.6) is 0 Å². The minimum Gasteiger partial charge on any atom is -0.382 e. The van der Waals surface area contributed by atoms with Crippen molar-refractivity contribution in [3.8, 4) is 0 Å². The number of nitrogens with zero attached hydrogens (tertiary/aromatic N) is 3. The van der Waals surface area contributed by atoms with Crippen LogP contribution in [0.4, 0.5) is 5.82 Å². The van der Waals surface area contributed by atoms with Crippen LogP contribution in [0.15, 0.2) is 12.1 Å². The molecular formula is C15H22N4O. The molecule has 3 rings (SSSR count). The number of hydrogen-bond acceptors (Lipinski definition) is 4. The monoisotopic (exact) mass is 274 g/mol.